The number of carbonyl (C=O) groups is 1. The summed E-state index contributed by atoms with van der Waals surface area (Å²) in [6.07, 6.45) is 1.23. The van der Waals surface area contributed by atoms with Gasteiger partial charge in [-0.2, -0.15) is 0 Å². The van der Waals surface area contributed by atoms with Crippen LogP contribution in [-0.4, -0.2) is 20.8 Å². The molecular formula is C19H17ClN6O3. The summed E-state index contributed by atoms with van der Waals surface area (Å²) < 4.78 is 0. The molecule has 0 radical (unpaired) electrons. The van der Waals surface area contributed by atoms with E-state index in [0.29, 0.717) is 22.1 Å². The number of hydrogen-bond donors (Lipinski definition) is 3. The highest BCUT2D eigenvalue weighted by atomic mass is 35.5. The molecule has 0 aliphatic carbocycles. The highest BCUT2D eigenvalue weighted by Gasteiger charge is 2.24. The van der Waals surface area contributed by atoms with Crippen molar-refractivity contribution >= 4 is 51.9 Å². The lowest BCUT2D eigenvalue weighted by Gasteiger charge is -2.12. The van der Waals surface area contributed by atoms with Crippen LogP contribution >= 0.6 is 11.6 Å². The van der Waals surface area contributed by atoms with Crippen molar-refractivity contribution in [2.45, 2.75) is 13.8 Å². The molecule has 0 saturated heterocycles. The quantitative estimate of drug-likeness (QED) is 0.392. The lowest BCUT2D eigenvalue weighted by Crippen LogP contribution is -2.07. The van der Waals surface area contributed by atoms with E-state index in [9.17, 15) is 14.9 Å². The molecule has 3 aromatic rings. The summed E-state index contributed by atoms with van der Waals surface area (Å²) in [7, 11) is 0. The molecule has 2 aromatic carbocycles. The van der Waals surface area contributed by atoms with Gasteiger partial charge in [0.15, 0.2) is 0 Å². The predicted octanol–water partition coefficient (Wildman–Crippen LogP) is 4.79. The average Bonchev–Trinajstić information content (AvgIpc) is 2.66. The number of amides is 1. The number of nitrogens with one attached hydrogen (secondary N) is 3. The van der Waals surface area contributed by atoms with Gasteiger partial charge in [0.2, 0.25) is 17.5 Å². The molecule has 1 heterocycles. The smallest absolute Gasteiger partial charge is 0.334 e. The Labute approximate surface area is 171 Å². The third kappa shape index (κ3) is 4.77. The van der Waals surface area contributed by atoms with Crippen molar-refractivity contribution in [2.75, 3.05) is 16.0 Å². The number of benzene rings is 2. The molecule has 0 saturated carbocycles. The zero-order chi connectivity index (χ0) is 21.0. The van der Waals surface area contributed by atoms with Gasteiger partial charge in [-0.05, 0) is 48.9 Å². The van der Waals surface area contributed by atoms with E-state index in [1.54, 1.807) is 49.4 Å². The van der Waals surface area contributed by atoms with Crippen molar-refractivity contribution in [2.24, 2.45) is 0 Å². The molecule has 3 N–H and O–H groups in total. The van der Waals surface area contributed by atoms with Crippen LogP contribution in [0.15, 0.2) is 48.8 Å². The number of nitro groups is 1. The zero-order valence-electron chi connectivity index (χ0n) is 15.6. The number of halogens is 1. The van der Waals surface area contributed by atoms with E-state index in [4.69, 9.17) is 11.6 Å². The Morgan fingerprint density at radius 1 is 1.03 bits per heavy atom. The highest BCUT2D eigenvalue weighted by molar-refractivity contribution is 6.31. The van der Waals surface area contributed by atoms with Crippen LogP contribution < -0.4 is 16.0 Å². The van der Waals surface area contributed by atoms with Crippen LogP contribution in [0.1, 0.15) is 12.5 Å². The minimum atomic E-state index is -0.559. The SMILES string of the molecule is CC(=O)Nc1ccc(Nc2ncnc(Nc3cccc(Cl)c3C)c2[N+](=O)[O-])cc1. The number of rotatable bonds is 6. The average molecular weight is 413 g/mol. The first-order valence-corrected chi connectivity index (χ1v) is 8.89. The van der Waals surface area contributed by atoms with Gasteiger partial charge in [-0.15, -0.1) is 0 Å². The van der Waals surface area contributed by atoms with Gasteiger partial charge >= 0.3 is 5.69 Å². The number of hydrogen-bond acceptors (Lipinski definition) is 7. The van der Waals surface area contributed by atoms with E-state index in [1.165, 1.54) is 13.3 Å². The number of nitrogens with zero attached hydrogens (tertiary/aromatic N) is 3. The molecule has 1 aromatic heterocycles. The molecule has 0 aliphatic heterocycles. The lowest BCUT2D eigenvalue weighted by molar-refractivity contribution is -0.383. The summed E-state index contributed by atoms with van der Waals surface area (Å²) in [4.78, 5) is 30.3. The highest BCUT2D eigenvalue weighted by Crippen LogP contribution is 2.34. The van der Waals surface area contributed by atoms with Gasteiger partial charge in [0.1, 0.15) is 6.33 Å². The van der Waals surface area contributed by atoms with Crippen LogP contribution in [0.25, 0.3) is 0 Å². The zero-order valence-corrected chi connectivity index (χ0v) is 16.3. The largest absolute Gasteiger partial charge is 0.353 e. The summed E-state index contributed by atoms with van der Waals surface area (Å²) in [5.41, 5.74) is 2.21. The Hall–Kier alpha value is -3.72. The van der Waals surface area contributed by atoms with Crippen LogP contribution in [0.3, 0.4) is 0 Å². The molecule has 0 aliphatic rings. The Balaban J connectivity index is 1.92. The van der Waals surface area contributed by atoms with Crippen molar-refractivity contribution in [3.63, 3.8) is 0 Å². The van der Waals surface area contributed by atoms with Gasteiger partial charge in [0.25, 0.3) is 0 Å². The second-order valence-electron chi connectivity index (χ2n) is 6.10. The normalized spacial score (nSPS) is 10.3. The molecular weight excluding hydrogens is 396 g/mol. The second-order valence-corrected chi connectivity index (χ2v) is 6.50. The first-order chi connectivity index (χ1) is 13.8. The molecule has 0 unspecified atom stereocenters. The van der Waals surface area contributed by atoms with Gasteiger partial charge in [0.05, 0.1) is 4.92 Å². The minimum absolute atomic E-state index is 0.0273. The van der Waals surface area contributed by atoms with Crippen LogP contribution in [0.4, 0.5) is 34.4 Å². The minimum Gasteiger partial charge on any atom is -0.334 e. The number of carbonyl (C=O) groups excluding carboxylic acids is 1. The Morgan fingerprint density at radius 2 is 1.66 bits per heavy atom. The first-order valence-electron chi connectivity index (χ1n) is 8.51. The van der Waals surface area contributed by atoms with Crippen LogP contribution in [0.2, 0.25) is 5.02 Å². The van der Waals surface area contributed by atoms with E-state index in [2.05, 4.69) is 25.9 Å². The number of anilines is 5. The molecule has 0 bridgehead atoms. The Bertz CT molecular complexity index is 1070. The van der Waals surface area contributed by atoms with E-state index in [0.717, 1.165) is 5.56 Å². The molecule has 10 heteroatoms. The predicted molar refractivity (Wildman–Crippen MR) is 112 cm³/mol. The van der Waals surface area contributed by atoms with Crippen LogP contribution in [-0.2, 0) is 4.79 Å². The summed E-state index contributed by atoms with van der Waals surface area (Å²) >= 11 is 6.12. The molecule has 3 rings (SSSR count). The Morgan fingerprint density at radius 3 is 2.28 bits per heavy atom. The maximum Gasteiger partial charge on any atom is 0.353 e. The maximum absolute atomic E-state index is 11.7. The van der Waals surface area contributed by atoms with Crippen molar-refractivity contribution < 1.29 is 9.72 Å². The second kappa shape index (κ2) is 8.53. The van der Waals surface area contributed by atoms with Crippen molar-refractivity contribution in [3.05, 3.63) is 69.5 Å². The third-order valence-corrected chi connectivity index (χ3v) is 4.40. The van der Waals surface area contributed by atoms with Crippen LogP contribution in [0, 0.1) is 17.0 Å². The molecule has 0 spiro atoms. The summed E-state index contributed by atoms with van der Waals surface area (Å²) in [5.74, 6) is -0.128. The summed E-state index contributed by atoms with van der Waals surface area (Å²) in [5, 5.41) is 20.8. The monoisotopic (exact) mass is 412 g/mol. The Kier molecular flexibility index (Phi) is 5.89. The van der Waals surface area contributed by atoms with Crippen molar-refractivity contribution in [1.82, 2.24) is 9.97 Å². The third-order valence-electron chi connectivity index (χ3n) is 3.99. The van der Waals surface area contributed by atoms with Crippen molar-refractivity contribution in [1.29, 1.82) is 0 Å². The molecule has 9 nitrogen and oxygen atoms in total. The fraction of sp³-hybridized carbons (Fsp3) is 0.105. The molecule has 29 heavy (non-hydrogen) atoms. The standard InChI is InChI=1S/C19H17ClN6O3/c1-11-15(20)4-3-5-16(11)25-19-17(26(28)29)18(21-10-22-19)24-14-8-6-13(7-9-14)23-12(2)27/h3-10H,1-2H3,(H,23,27)(H2,21,22,24,25). The first kappa shape index (κ1) is 20.0. The van der Waals surface area contributed by atoms with Gasteiger partial charge < -0.3 is 16.0 Å². The van der Waals surface area contributed by atoms with Gasteiger partial charge in [-0.25, -0.2) is 9.97 Å². The van der Waals surface area contributed by atoms with E-state index >= 15 is 0 Å². The van der Waals surface area contributed by atoms with E-state index < -0.39 is 4.92 Å². The summed E-state index contributed by atoms with van der Waals surface area (Å²) in [6.45, 7) is 3.21. The fourth-order valence-electron chi connectivity index (χ4n) is 2.58. The van der Waals surface area contributed by atoms with Gasteiger partial charge in [-0.3, -0.25) is 14.9 Å². The van der Waals surface area contributed by atoms with Gasteiger partial charge in [0, 0.05) is 29.0 Å². The van der Waals surface area contributed by atoms with Crippen molar-refractivity contribution in [3.8, 4) is 0 Å². The fourth-order valence-corrected chi connectivity index (χ4v) is 2.76. The van der Waals surface area contributed by atoms with E-state index in [-0.39, 0.29) is 23.2 Å². The number of aromatic nitrogens is 2. The molecule has 148 valence electrons. The topological polar surface area (TPSA) is 122 Å². The van der Waals surface area contributed by atoms with Gasteiger partial charge in [-0.1, -0.05) is 17.7 Å². The molecule has 1 amide bonds. The maximum atomic E-state index is 11.7. The van der Waals surface area contributed by atoms with Crippen LogP contribution in [0.5, 0.6) is 0 Å². The summed E-state index contributed by atoms with van der Waals surface area (Å²) in [6, 6.07) is 11.9. The molecule has 0 atom stereocenters. The lowest BCUT2D eigenvalue weighted by atomic mass is 10.2. The van der Waals surface area contributed by atoms with E-state index in [1.807, 2.05) is 0 Å². The molecule has 0 fully saturated rings.